The molecule has 1 aromatic rings. The molecule has 6 heteroatoms. The monoisotopic (exact) mass is 348 g/mol. The van der Waals surface area contributed by atoms with E-state index in [1.807, 2.05) is 13.8 Å². The van der Waals surface area contributed by atoms with Crippen LogP contribution in [0.5, 0.6) is 0 Å². The molecular weight excluding hydrogens is 323 g/mol. The van der Waals surface area contributed by atoms with Gasteiger partial charge in [0, 0.05) is 19.6 Å². The first-order valence-electron chi connectivity index (χ1n) is 8.42. The lowest BCUT2D eigenvalue weighted by molar-refractivity contribution is -0.131. The molecule has 0 heterocycles. The number of halogens is 1. The molecule has 5 nitrogen and oxygen atoms in total. The molecule has 25 heavy (non-hydrogen) atoms. The van der Waals surface area contributed by atoms with Crippen molar-refractivity contribution in [2.45, 2.75) is 45.6 Å². The fraction of sp³-hybridized carbons (Fsp3) is 0.526. The number of ketones is 1. The van der Waals surface area contributed by atoms with Crippen LogP contribution in [0.4, 0.5) is 4.39 Å². The summed E-state index contributed by atoms with van der Waals surface area (Å²) in [6, 6.07) is 7.93. The van der Waals surface area contributed by atoms with Gasteiger partial charge in [0.1, 0.15) is 5.82 Å². The predicted molar refractivity (Wildman–Crippen MR) is 92.3 cm³/mol. The van der Waals surface area contributed by atoms with Gasteiger partial charge in [0.05, 0.1) is 12.2 Å². The van der Waals surface area contributed by atoms with E-state index < -0.39 is 29.3 Å². The predicted octanol–water partition coefficient (Wildman–Crippen LogP) is 2.96. The van der Waals surface area contributed by atoms with Crippen LogP contribution >= 0.6 is 0 Å². The van der Waals surface area contributed by atoms with E-state index >= 15 is 0 Å². The molecule has 0 unspecified atom stereocenters. The van der Waals surface area contributed by atoms with Crippen molar-refractivity contribution < 1.29 is 18.7 Å². The molecule has 1 aromatic carbocycles. The Labute approximate surface area is 148 Å². The third kappa shape index (κ3) is 7.02. The van der Waals surface area contributed by atoms with Crippen molar-refractivity contribution in [2.75, 3.05) is 13.2 Å². The lowest BCUT2D eigenvalue weighted by atomic mass is 9.90. The summed E-state index contributed by atoms with van der Waals surface area (Å²) in [5.41, 5.74) is 0.402. The summed E-state index contributed by atoms with van der Waals surface area (Å²) < 4.78 is 19.1. The average molecular weight is 348 g/mol. The van der Waals surface area contributed by atoms with Gasteiger partial charge in [-0.2, -0.15) is 5.26 Å². The number of hydrogen-bond acceptors (Lipinski definition) is 4. The number of carbonyl (C=O) groups is 2. The minimum absolute atomic E-state index is 0.0664. The number of nitrogens with zero attached hydrogens (tertiary/aromatic N) is 1. The van der Waals surface area contributed by atoms with E-state index in [1.54, 1.807) is 31.2 Å². The van der Waals surface area contributed by atoms with Gasteiger partial charge in [-0.1, -0.05) is 25.1 Å². The fourth-order valence-electron chi connectivity index (χ4n) is 2.39. The summed E-state index contributed by atoms with van der Waals surface area (Å²) in [4.78, 5) is 24.3. The van der Waals surface area contributed by atoms with Crippen LogP contribution < -0.4 is 5.32 Å². The van der Waals surface area contributed by atoms with Gasteiger partial charge in [-0.05, 0) is 37.8 Å². The van der Waals surface area contributed by atoms with E-state index in [1.165, 1.54) is 6.07 Å². The summed E-state index contributed by atoms with van der Waals surface area (Å²) in [7, 11) is 0. The van der Waals surface area contributed by atoms with Crippen LogP contribution in [-0.4, -0.2) is 30.9 Å². The van der Waals surface area contributed by atoms with Crippen molar-refractivity contribution in [1.29, 1.82) is 5.26 Å². The van der Waals surface area contributed by atoms with E-state index in [2.05, 4.69) is 5.32 Å². The normalized spacial score (nSPS) is 13.1. The second-order valence-corrected chi connectivity index (χ2v) is 6.22. The van der Waals surface area contributed by atoms with Crippen LogP contribution in [0.1, 0.15) is 45.1 Å². The standard InChI is InChI=1S/C19H25FN2O3/c1-13(2)25-10-6-9-22-19(24)16(12-21)18(23)11-14(3)15-7-4-5-8-17(15)20/h4-5,7-8,13-14,16H,6,9-11H2,1-3H3,(H,22,24)/t14-,16-/m0/s1. The molecule has 1 N–H and O–H groups in total. The molecule has 0 bridgehead atoms. The molecule has 0 fully saturated rings. The molecular formula is C19H25FN2O3. The molecule has 0 aliphatic carbocycles. The largest absolute Gasteiger partial charge is 0.379 e. The van der Waals surface area contributed by atoms with Crippen LogP contribution in [0.3, 0.4) is 0 Å². The van der Waals surface area contributed by atoms with Crippen LogP contribution in [0.15, 0.2) is 24.3 Å². The highest BCUT2D eigenvalue weighted by molar-refractivity contribution is 6.04. The Bertz CT molecular complexity index is 625. The number of amides is 1. The van der Waals surface area contributed by atoms with E-state index in [0.29, 0.717) is 25.1 Å². The van der Waals surface area contributed by atoms with Crippen LogP contribution in [-0.2, 0) is 14.3 Å². The van der Waals surface area contributed by atoms with E-state index in [0.717, 1.165) is 0 Å². The lowest BCUT2D eigenvalue weighted by Gasteiger charge is -2.14. The SMILES string of the molecule is CC(C)OCCCNC(=O)[C@@H](C#N)C(=O)C[C@H](C)c1ccccc1F. The van der Waals surface area contributed by atoms with Gasteiger partial charge >= 0.3 is 0 Å². The molecule has 0 spiro atoms. The molecule has 0 aliphatic rings. The molecule has 0 aromatic heterocycles. The Hall–Kier alpha value is -2.26. The Balaban J connectivity index is 2.52. The number of benzene rings is 1. The number of nitriles is 1. The van der Waals surface area contributed by atoms with Gasteiger partial charge in [-0.25, -0.2) is 4.39 Å². The van der Waals surface area contributed by atoms with E-state index in [4.69, 9.17) is 10.00 Å². The number of hydrogen-bond donors (Lipinski definition) is 1. The highest BCUT2D eigenvalue weighted by Crippen LogP contribution is 2.23. The molecule has 136 valence electrons. The zero-order valence-corrected chi connectivity index (χ0v) is 14.9. The molecule has 1 amide bonds. The van der Waals surface area contributed by atoms with Crippen LogP contribution in [0.2, 0.25) is 0 Å². The zero-order valence-electron chi connectivity index (χ0n) is 14.9. The molecule has 0 radical (unpaired) electrons. The van der Waals surface area contributed by atoms with Gasteiger partial charge in [-0.3, -0.25) is 9.59 Å². The molecule has 0 saturated heterocycles. The Kier molecular flexibility index (Phi) is 8.79. The van der Waals surface area contributed by atoms with Crippen molar-refractivity contribution in [1.82, 2.24) is 5.32 Å². The van der Waals surface area contributed by atoms with Gasteiger partial charge in [0.15, 0.2) is 11.7 Å². The minimum Gasteiger partial charge on any atom is -0.379 e. The third-order valence-corrected chi connectivity index (χ3v) is 3.73. The van der Waals surface area contributed by atoms with E-state index in [-0.39, 0.29) is 12.5 Å². The smallest absolute Gasteiger partial charge is 0.245 e. The molecule has 1 rings (SSSR count). The first-order chi connectivity index (χ1) is 11.9. The van der Waals surface area contributed by atoms with E-state index in [9.17, 15) is 14.0 Å². The van der Waals surface area contributed by atoms with Crippen LogP contribution in [0, 0.1) is 23.1 Å². The third-order valence-electron chi connectivity index (χ3n) is 3.73. The van der Waals surface area contributed by atoms with Gasteiger partial charge in [0.25, 0.3) is 0 Å². The average Bonchev–Trinajstić information content (AvgIpc) is 2.55. The second kappa shape index (κ2) is 10.6. The maximum absolute atomic E-state index is 13.8. The number of ether oxygens (including phenoxy) is 1. The first-order valence-corrected chi connectivity index (χ1v) is 8.42. The summed E-state index contributed by atoms with van der Waals surface area (Å²) in [6.45, 7) is 6.36. The maximum Gasteiger partial charge on any atom is 0.245 e. The highest BCUT2D eigenvalue weighted by Gasteiger charge is 2.28. The summed E-state index contributed by atoms with van der Waals surface area (Å²) >= 11 is 0. The minimum atomic E-state index is -1.37. The van der Waals surface area contributed by atoms with Gasteiger partial charge in [0.2, 0.25) is 5.91 Å². The topological polar surface area (TPSA) is 79.2 Å². The number of carbonyl (C=O) groups excluding carboxylic acids is 2. The van der Waals surface area contributed by atoms with Crippen molar-refractivity contribution in [3.8, 4) is 6.07 Å². The summed E-state index contributed by atoms with van der Waals surface area (Å²) in [5.74, 6) is -3.30. The second-order valence-electron chi connectivity index (χ2n) is 6.22. The van der Waals surface area contributed by atoms with Gasteiger partial charge < -0.3 is 10.1 Å². The first kappa shape index (κ1) is 20.8. The van der Waals surface area contributed by atoms with Crippen molar-refractivity contribution in [3.63, 3.8) is 0 Å². The van der Waals surface area contributed by atoms with Gasteiger partial charge in [-0.15, -0.1) is 0 Å². The molecule has 2 atom stereocenters. The quantitative estimate of drug-likeness (QED) is 0.521. The highest BCUT2D eigenvalue weighted by atomic mass is 19.1. The maximum atomic E-state index is 13.8. The summed E-state index contributed by atoms with van der Waals surface area (Å²) in [5, 5.41) is 11.7. The molecule has 0 saturated carbocycles. The molecule has 0 aliphatic heterocycles. The number of rotatable bonds is 10. The van der Waals surface area contributed by atoms with Crippen molar-refractivity contribution >= 4 is 11.7 Å². The van der Waals surface area contributed by atoms with Crippen molar-refractivity contribution in [3.05, 3.63) is 35.6 Å². The Morgan fingerprint density at radius 2 is 1.96 bits per heavy atom. The Morgan fingerprint density at radius 3 is 2.56 bits per heavy atom. The summed E-state index contributed by atoms with van der Waals surface area (Å²) in [6.07, 6.45) is 0.647. The number of nitrogens with one attached hydrogen (secondary N) is 1. The number of Topliss-reactive ketones (excluding diaryl/α,β-unsaturated/α-hetero) is 1. The fourth-order valence-corrected chi connectivity index (χ4v) is 2.39. The lowest BCUT2D eigenvalue weighted by Crippen LogP contribution is -2.36. The van der Waals surface area contributed by atoms with Crippen molar-refractivity contribution in [2.24, 2.45) is 5.92 Å². The zero-order chi connectivity index (χ0) is 18.8. The Morgan fingerprint density at radius 1 is 1.28 bits per heavy atom. The van der Waals surface area contributed by atoms with Crippen LogP contribution in [0.25, 0.3) is 0 Å².